The molecule has 0 bridgehead atoms. The summed E-state index contributed by atoms with van der Waals surface area (Å²) >= 11 is 0. The maximum absolute atomic E-state index is 15.0. The monoisotopic (exact) mass is 570 g/mol. The number of ketones is 1. The first-order chi connectivity index (χ1) is 19.4. The molecule has 4 unspecified atom stereocenters. The second-order valence-electron chi connectivity index (χ2n) is 11.5. The molecule has 230 valence electrons. The van der Waals surface area contributed by atoms with Crippen molar-refractivity contribution < 1.29 is 42.8 Å². The summed E-state index contributed by atoms with van der Waals surface area (Å²) in [7, 11) is 1.29. The molecule has 1 saturated carbocycles. The average Bonchev–Trinajstić information content (AvgIpc) is 3.27. The minimum absolute atomic E-state index is 0.0108. The SMILES string of the molecule is CCCCCC(O)/C=C/[C@@H]1[C@@H](CC(=O)C(F)CCCC(=O)OC)[C@@H](OC2CCCCO2)C[C@H]1OC1CCCCO1. The molecule has 0 aromatic carbocycles. The summed E-state index contributed by atoms with van der Waals surface area (Å²) in [5, 5.41) is 10.6. The van der Waals surface area contributed by atoms with E-state index < -0.39 is 24.0 Å². The van der Waals surface area contributed by atoms with Gasteiger partial charge in [-0.05, 0) is 57.8 Å². The second-order valence-corrected chi connectivity index (χ2v) is 11.5. The number of unbranched alkanes of at least 4 members (excludes halogenated alkanes) is 2. The lowest BCUT2D eigenvalue weighted by Crippen LogP contribution is -2.34. The molecular weight excluding hydrogens is 519 g/mol. The highest BCUT2D eigenvalue weighted by Crippen LogP contribution is 2.42. The minimum Gasteiger partial charge on any atom is -0.469 e. The first-order valence-corrected chi connectivity index (χ1v) is 15.5. The fourth-order valence-electron chi connectivity index (χ4n) is 5.95. The van der Waals surface area contributed by atoms with Gasteiger partial charge in [0.15, 0.2) is 24.5 Å². The summed E-state index contributed by atoms with van der Waals surface area (Å²) in [6.45, 7) is 3.42. The van der Waals surface area contributed by atoms with Crippen LogP contribution in [0.15, 0.2) is 12.2 Å². The summed E-state index contributed by atoms with van der Waals surface area (Å²) in [4.78, 5) is 24.5. The fourth-order valence-corrected chi connectivity index (χ4v) is 5.95. The summed E-state index contributed by atoms with van der Waals surface area (Å²) < 4.78 is 44.2. The van der Waals surface area contributed by atoms with Crippen LogP contribution in [0.25, 0.3) is 0 Å². The Bertz CT molecular complexity index is 764. The van der Waals surface area contributed by atoms with E-state index in [1.165, 1.54) is 7.11 Å². The molecule has 2 saturated heterocycles. The van der Waals surface area contributed by atoms with Crippen molar-refractivity contribution in [1.82, 2.24) is 0 Å². The number of Topliss-reactive ketones (excluding diaryl/α,β-unsaturated/α-hetero) is 1. The average molecular weight is 571 g/mol. The number of carbonyl (C=O) groups is 2. The van der Waals surface area contributed by atoms with E-state index in [4.69, 9.17) is 18.9 Å². The summed E-state index contributed by atoms with van der Waals surface area (Å²) in [5.41, 5.74) is 0. The molecule has 0 aromatic rings. The highest BCUT2D eigenvalue weighted by atomic mass is 19.1. The summed E-state index contributed by atoms with van der Waals surface area (Å²) in [5.74, 6) is -1.48. The smallest absolute Gasteiger partial charge is 0.305 e. The first-order valence-electron chi connectivity index (χ1n) is 15.5. The van der Waals surface area contributed by atoms with Gasteiger partial charge in [-0.3, -0.25) is 9.59 Å². The number of ether oxygens (including phenoxy) is 5. The van der Waals surface area contributed by atoms with Crippen LogP contribution in [0.3, 0.4) is 0 Å². The molecule has 2 heterocycles. The zero-order valence-electron chi connectivity index (χ0n) is 24.5. The normalized spacial score (nSPS) is 30.8. The van der Waals surface area contributed by atoms with Gasteiger partial charge in [-0.2, -0.15) is 0 Å². The van der Waals surface area contributed by atoms with Gasteiger partial charge in [-0.15, -0.1) is 0 Å². The van der Waals surface area contributed by atoms with E-state index in [0.29, 0.717) is 26.1 Å². The molecule has 3 rings (SSSR count). The highest BCUT2D eigenvalue weighted by molar-refractivity contribution is 5.83. The van der Waals surface area contributed by atoms with E-state index in [0.717, 1.165) is 57.8 Å². The van der Waals surface area contributed by atoms with Crippen LogP contribution >= 0.6 is 0 Å². The van der Waals surface area contributed by atoms with E-state index in [-0.39, 0.29) is 62.3 Å². The van der Waals surface area contributed by atoms with Gasteiger partial charge < -0.3 is 28.8 Å². The molecule has 9 heteroatoms. The van der Waals surface area contributed by atoms with Gasteiger partial charge in [-0.25, -0.2) is 4.39 Å². The molecule has 2 aliphatic heterocycles. The van der Waals surface area contributed by atoms with Crippen LogP contribution in [-0.2, 0) is 33.3 Å². The molecule has 0 amide bonds. The van der Waals surface area contributed by atoms with Crippen molar-refractivity contribution in [3.05, 3.63) is 12.2 Å². The molecule has 40 heavy (non-hydrogen) atoms. The lowest BCUT2D eigenvalue weighted by molar-refractivity contribution is -0.204. The van der Waals surface area contributed by atoms with Crippen molar-refractivity contribution in [2.24, 2.45) is 11.8 Å². The third-order valence-electron chi connectivity index (χ3n) is 8.31. The van der Waals surface area contributed by atoms with Crippen LogP contribution in [0.4, 0.5) is 4.39 Å². The Morgan fingerprint density at radius 1 is 0.975 bits per heavy atom. The van der Waals surface area contributed by atoms with Gasteiger partial charge in [0.2, 0.25) is 0 Å². The molecule has 0 aromatic heterocycles. The van der Waals surface area contributed by atoms with Crippen molar-refractivity contribution in [2.45, 2.75) is 140 Å². The standard InChI is InChI=1S/C31H51FO8/c1-3-4-5-11-22(33)16-17-23-24(20-26(34)25(32)12-10-13-29(35)36-2)28(40-31-15-7-9-19-38-31)21-27(23)39-30-14-6-8-18-37-30/h16-17,22-25,27-28,30-31,33H,3-15,18-21H2,1-2H3/b17-16+/t22?,23-,24-,25?,27-,28+,30?,31?/m1/s1. The van der Waals surface area contributed by atoms with E-state index in [9.17, 15) is 19.1 Å². The van der Waals surface area contributed by atoms with E-state index in [2.05, 4.69) is 11.7 Å². The Balaban J connectivity index is 1.75. The second kappa shape index (κ2) is 18.2. The quantitative estimate of drug-likeness (QED) is 0.137. The van der Waals surface area contributed by atoms with Crippen LogP contribution < -0.4 is 0 Å². The van der Waals surface area contributed by atoms with Crippen molar-refractivity contribution in [3.8, 4) is 0 Å². The first kappa shape index (κ1) is 33.1. The molecule has 3 fully saturated rings. The molecule has 3 aliphatic rings. The Morgan fingerprint density at radius 2 is 1.65 bits per heavy atom. The van der Waals surface area contributed by atoms with Crippen molar-refractivity contribution >= 4 is 11.8 Å². The van der Waals surface area contributed by atoms with Crippen LogP contribution in [0.1, 0.15) is 103 Å². The number of hydrogen-bond donors (Lipinski definition) is 1. The number of esters is 1. The summed E-state index contributed by atoms with van der Waals surface area (Å²) in [6.07, 6.45) is 10.4. The number of carbonyl (C=O) groups excluding carboxylic acids is 2. The fraction of sp³-hybridized carbons (Fsp3) is 0.871. The van der Waals surface area contributed by atoms with Gasteiger partial charge in [-0.1, -0.05) is 38.3 Å². The Kier molecular flexibility index (Phi) is 15.1. The third kappa shape index (κ3) is 11.1. The number of alkyl halides is 1. The van der Waals surface area contributed by atoms with E-state index >= 15 is 0 Å². The number of hydrogen-bond acceptors (Lipinski definition) is 8. The number of aliphatic hydroxyl groups is 1. The Labute approximate surface area is 239 Å². The summed E-state index contributed by atoms with van der Waals surface area (Å²) in [6, 6.07) is 0. The van der Waals surface area contributed by atoms with Gasteiger partial charge in [0, 0.05) is 44.3 Å². The topological polar surface area (TPSA) is 101 Å². The molecular formula is C31H51FO8. The molecule has 8 nitrogen and oxygen atoms in total. The maximum Gasteiger partial charge on any atom is 0.305 e. The van der Waals surface area contributed by atoms with Crippen LogP contribution in [0, 0.1) is 11.8 Å². The maximum atomic E-state index is 15.0. The van der Waals surface area contributed by atoms with Gasteiger partial charge >= 0.3 is 5.97 Å². The van der Waals surface area contributed by atoms with Crippen molar-refractivity contribution in [2.75, 3.05) is 20.3 Å². The molecule has 8 atom stereocenters. The number of rotatable bonds is 17. The van der Waals surface area contributed by atoms with Crippen molar-refractivity contribution in [3.63, 3.8) is 0 Å². The van der Waals surface area contributed by atoms with Crippen molar-refractivity contribution in [1.29, 1.82) is 0 Å². The third-order valence-corrected chi connectivity index (χ3v) is 8.31. The lowest BCUT2D eigenvalue weighted by atomic mass is 9.86. The number of halogens is 1. The largest absolute Gasteiger partial charge is 0.469 e. The molecule has 1 aliphatic carbocycles. The highest BCUT2D eigenvalue weighted by Gasteiger charge is 2.47. The predicted molar refractivity (Wildman–Crippen MR) is 148 cm³/mol. The van der Waals surface area contributed by atoms with E-state index in [1.807, 2.05) is 6.08 Å². The molecule has 0 spiro atoms. The Hall–Kier alpha value is -1.39. The molecule has 1 N–H and O–H groups in total. The van der Waals surface area contributed by atoms with Crippen LogP contribution in [-0.4, -0.2) is 74.2 Å². The van der Waals surface area contributed by atoms with Crippen LogP contribution in [0.2, 0.25) is 0 Å². The zero-order chi connectivity index (χ0) is 28.7. The number of aliphatic hydroxyl groups excluding tert-OH is 1. The number of methoxy groups -OCH3 is 1. The zero-order valence-corrected chi connectivity index (χ0v) is 24.5. The van der Waals surface area contributed by atoms with Gasteiger partial charge in [0.25, 0.3) is 0 Å². The molecule has 0 radical (unpaired) electrons. The lowest BCUT2D eigenvalue weighted by Gasteiger charge is -2.30. The van der Waals surface area contributed by atoms with Gasteiger partial charge in [0.1, 0.15) is 0 Å². The predicted octanol–water partition coefficient (Wildman–Crippen LogP) is 5.58. The van der Waals surface area contributed by atoms with E-state index in [1.54, 1.807) is 6.08 Å². The van der Waals surface area contributed by atoms with Crippen LogP contribution in [0.5, 0.6) is 0 Å². The van der Waals surface area contributed by atoms with Gasteiger partial charge in [0.05, 0.1) is 25.4 Å². The minimum atomic E-state index is -1.66. The Morgan fingerprint density at radius 3 is 2.25 bits per heavy atom.